The van der Waals surface area contributed by atoms with Crippen molar-refractivity contribution in [1.82, 2.24) is 15.0 Å². The van der Waals surface area contributed by atoms with Crippen molar-refractivity contribution in [3.05, 3.63) is 48.0 Å². The van der Waals surface area contributed by atoms with Gasteiger partial charge in [0.1, 0.15) is 11.9 Å². The highest BCUT2D eigenvalue weighted by Gasteiger charge is 2.14. The number of nitrogens with one attached hydrogen (secondary N) is 1. The molecule has 3 aromatic rings. The number of rotatable bonds is 7. The molecule has 2 atom stereocenters. The normalized spacial score (nSPS) is 13.3. The predicted molar refractivity (Wildman–Crippen MR) is 112 cm³/mol. The number of aliphatic hydroxyl groups is 1. The first-order valence-corrected chi connectivity index (χ1v) is 9.67. The highest BCUT2D eigenvalue weighted by molar-refractivity contribution is 5.95. The highest BCUT2D eigenvalue weighted by atomic mass is 16.5. The van der Waals surface area contributed by atoms with Crippen LogP contribution in [0.1, 0.15) is 44.1 Å². The van der Waals surface area contributed by atoms with Gasteiger partial charge in [-0.2, -0.15) is 0 Å². The van der Waals surface area contributed by atoms with Gasteiger partial charge in [-0.25, -0.2) is 4.98 Å². The summed E-state index contributed by atoms with van der Waals surface area (Å²) in [5.41, 5.74) is 3.37. The Balaban J connectivity index is 1.86. The van der Waals surface area contributed by atoms with Gasteiger partial charge in [0.25, 0.3) is 5.91 Å². The zero-order chi connectivity index (χ0) is 21.0. The summed E-state index contributed by atoms with van der Waals surface area (Å²) in [4.78, 5) is 25.2. The number of aryl methyl sites for hydroxylation is 1. The molecule has 0 spiro atoms. The van der Waals surface area contributed by atoms with Crippen LogP contribution in [0.3, 0.4) is 0 Å². The zero-order valence-corrected chi connectivity index (χ0v) is 17.1. The van der Waals surface area contributed by atoms with Crippen LogP contribution in [0.5, 0.6) is 0 Å². The van der Waals surface area contributed by atoms with Crippen molar-refractivity contribution in [2.75, 3.05) is 12.4 Å². The smallest absolute Gasteiger partial charge is 0.254 e. The fourth-order valence-electron chi connectivity index (χ4n) is 3.04. The Kier molecular flexibility index (Phi) is 6.51. The van der Waals surface area contributed by atoms with Gasteiger partial charge in [0.2, 0.25) is 0 Å². The summed E-state index contributed by atoms with van der Waals surface area (Å²) in [5.74, 6) is 0.198. The van der Waals surface area contributed by atoms with Crippen molar-refractivity contribution in [3.8, 4) is 11.3 Å². The lowest BCUT2D eigenvalue weighted by Gasteiger charge is -2.12. The molecule has 1 amide bonds. The van der Waals surface area contributed by atoms with Crippen LogP contribution in [0, 0.1) is 6.92 Å². The van der Waals surface area contributed by atoms with Crippen LogP contribution in [0.4, 0.5) is 5.82 Å². The lowest BCUT2D eigenvalue weighted by atomic mass is 10.0. The summed E-state index contributed by atoms with van der Waals surface area (Å²) >= 11 is 0. The van der Waals surface area contributed by atoms with Gasteiger partial charge in [0, 0.05) is 42.0 Å². The molecular formula is C22H26N4O3. The zero-order valence-electron chi connectivity index (χ0n) is 17.1. The third-order valence-corrected chi connectivity index (χ3v) is 4.89. The van der Waals surface area contributed by atoms with E-state index < -0.39 is 12.2 Å². The molecule has 0 radical (unpaired) electrons. The largest absolute Gasteiger partial charge is 0.387 e. The number of hydrogen-bond acceptors (Lipinski definition) is 6. The molecule has 7 nitrogen and oxygen atoms in total. The maximum atomic E-state index is 12.0. The monoisotopic (exact) mass is 394 g/mol. The molecule has 0 aliphatic carbocycles. The van der Waals surface area contributed by atoms with Crippen molar-refractivity contribution >= 4 is 22.5 Å². The van der Waals surface area contributed by atoms with Crippen molar-refractivity contribution in [2.45, 2.75) is 45.8 Å². The first-order valence-electron chi connectivity index (χ1n) is 9.67. The Morgan fingerprint density at radius 2 is 1.86 bits per heavy atom. The molecule has 3 rings (SSSR count). The SMILES string of the molecule is CCCC(O)c1cc(C)c(-c2cc3cnc(NC(=O)[C@@H](C)OC)cc3cn2)cn1. The van der Waals surface area contributed by atoms with Crippen molar-refractivity contribution in [3.63, 3.8) is 0 Å². The van der Waals surface area contributed by atoms with E-state index in [1.807, 2.05) is 26.0 Å². The molecule has 3 aromatic heterocycles. The minimum atomic E-state index is -0.553. The van der Waals surface area contributed by atoms with E-state index in [1.54, 1.807) is 31.6 Å². The Morgan fingerprint density at radius 1 is 1.14 bits per heavy atom. The summed E-state index contributed by atoms with van der Waals surface area (Å²) in [7, 11) is 1.48. The molecule has 152 valence electrons. The summed E-state index contributed by atoms with van der Waals surface area (Å²) in [5, 5.41) is 14.7. The van der Waals surface area contributed by atoms with Gasteiger partial charge in [-0.1, -0.05) is 13.3 Å². The molecule has 0 bridgehead atoms. The van der Waals surface area contributed by atoms with E-state index in [4.69, 9.17) is 4.74 Å². The number of anilines is 1. The molecule has 7 heteroatoms. The van der Waals surface area contributed by atoms with Crippen molar-refractivity contribution in [1.29, 1.82) is 0 Å². The van der Waals surface area contributed by atoms with E-state index in [1.165, 1.54) is 7.11 Å². The van der Waals surface area contributed by atoms with E-state index in [0.29, 0.717) is 17.9 Å². The molecule has 0 aliphatic heterocycles. The lowest BCUT2D eigenvalue weighted by molar-refractivity contribution is -0.124. The molecular weight excluding hydrogens is 368 g/mol. The number of methoxy groups -OCH3 is 1. The fourth-order valence-corrected chi connectivity index (χ4v) is 3.04. The topological polar surface area (TPSA) is 97.2 Å². The van der Waals surface area contributed by atoms with Crippen molar-refractivity contribution < 1.29 is 14.6 Å². The van der Waals surface area contributed by atoms with Crippen LogP contribution in [-0.4, -0.2) is 39.2 Å². The number of hydrogen-bond donors (Lipinski definition) is 2. The minimum Gasteiger partial charge on any atom is -0.387 e. The Hall–Kier alpha value is -2.90. The van der Waals surface area contributed by atoms with Crippen LogP contribution >= 0.6 is 0 Å². The summed E-state index contributed by atoms with van der Waals surface area (Å²) in [6, 6.07) is 5.63. The second-order valence-corrected chi connectivity index (χ2v) is 7.08. The number of ether oxygens (including phenoxy) is 1. The summed E-state index contributed by atoms with van der Waals surface area (Å²) in [6.45, 7) is 5.69. The van der Waals surface area contributed by atoms with Crippen LogP contribution in [0.2, 0.25) is 0 Å². The second kappa shape index (κ2) is 9.07. The Labute approximate surface area is 170 Å². The highest BCUT2D eigenvalue weighted by Crippen LogP contribution is 2.27. The fraction of sp³-hybridized carbons (Fsp3) is 0.364. The van der Waals surface area contributed by atoms with E-state index >= 15 is 0 Å². The van der Waals surface area contributed by atoms with E-state index in [2.05, 4.69) is 20.3 Å². The molecule has 0 saturated carbocycles. The third-order valence-electron chi connectivity index (χ3n) is 4.89. The number of carbonyl (C=O) groups excluding carboxylic acids is 1. The van der Waals surface area contributed by atoms with Crippen LogP contribution in [0.25, 0.3) is 22.0 Å². The molecule has 0 fully saturated rings. The predicted octanol–water partition coefficient (Wildman–Crippen LogP) is 3.81. The van der Waals surface area contributed by atoms with Gasteiger partial charge in [0.15, 0.2) is 0 Å². The Bertz CT molecular complexity index is 1020. The molecule has 0 aromatic carbocycles. The van der Waals surface area contributed by atoms with Gasteiger partial charge < -0.3 is 15.2 Å². The number of pyridine rings is 3. The first-order chi connectivity index (χ1) is 13.9. The quantitative estimate of drug-likeness (QED) is 0.632. The Morgan fingerprint density at radius 3 is 2.55 bits per heavy atom. The van der Waals surface area contributed by atoms with E-state index in [-0.39, 0.29) is 5.91 Å². The maximum absolute atomic E-state index is 12.0. The minimum absolute atomic E-state index is 0.254. The number of fused-ring (bicyclic) bond motifs is 1. The van der Waals surface area contributed by atoms with Crippen LogP contribution < -0.4 is 5.32 Å². The van der Waals surface area contributed by atoms with Gasteiger partial charge >= 0.3 is 0 Å². The second-order valence-electron chi connectivity index (χ2n) is 7.08. The summed E-state index contributed by atoms with van der Waals surface area (Å²) in [6.07, 6.45) is 5.70. The standard InChI is InChI=1S/C22H26N4O3/c1-5-6-20(27)19-7-13(2)17(12-24-19)18-8-15-11-25-21(9-16(15)10-23-18)26-22(28)14(3)29-4/h7-12,14,20,27H,5-6H2,1-4H3,(H,25,26,28)/t14-,20?/m1/s1. The van der Waals surface area contributed by atoms with Gasteiger partial charge in [-0.3, -0.25) is 14.8 Å². The number of aliphatic hydroxyl groups excluding tert-OH is 1. The molecule has 1 unspecified atom stereocenters. The first kappa shape index (κ1) is 20.8. The number of aromatic nitrogens is 3. The summed E-state index contributed by atoms with van der Waals surface area (Å²) < 4.78 is 5.01. The van der Waals surface area contributed by atoms with Crippen LogP contribution in [-0.2, 0) is 9.53 Å². The van der Waals surface area contributed by atoms with E-state index in [0.717, 1.165) is 34.0 Å². The number of amides is 1. The van der Waals surface area contributed by atoms with Crippen molar-refractivity contribution in [2.24, 2.45) is 0 Å². The van der Waals surface area contributed by atoms with Gasteiger partial charge in [-0.15, -0.1) is 0 Å². The molecule has 29 heavy (non-hydrogen) atoms. The van der Waals surface area contributed by atoms with E-state index in [9.17, 15) is 9.90 Å². The molecule has 0 aliphatic rings. The number of nitrogens with zero attached hydrogens (tertiary/aromatic N) is 3. The average Bonchev–Trinajstić information content (AvgIpc) is 2.72. The lowest BCUT2D eigenvalue weighted by Crippen LogP contribution is -2.26. The average molecular weight is 394 g/mol. The number of carbonyl (C=O) groups is 1. The van der Waals surface area contributed by atoms with Gasteiger partial charge in [-0.05, 0) is 44.0 Å². The molecule has 0 saturated heterocycles. The molecule has 2 N–H and O–H groups in total. The maximum Gasteiger partial charge on any atom is 0.254 e. The third kappa shape index (κ3) is 4.75. The van der Waals surface area contributed by atoms with Gasteiger partial charge in [0.05, 0.1) is 17.5 Å². The molecule has 3 heterocycles. The van der Waals surface area contributed by atoms with Crippen LogP contribution in [0.15, 0.2) is 36.8 Å².